The fourth-order valence-electron chi connectivity index (χ4n) is 5.02. The summed E-state index contributed by atoms with van der Waals surface area (Å²) in [5, 5.41) is 3.81. The molecular formula is C24H27N3O2S. The van der Waals surface area contributed by atoms with Crippen LogP contribution in [-0.2, 0) is 11.3 Å². The molecular weight excluding hydrogens is 394 g/mol. The summed E-state index contributed by atoms with van der Waals surface area (Å²) in [4.78, 5) is 18.7. The minimum atomic E-state index is 0.0896. The molecule has 0 radical (unpaired) electrons. The standard InChI is InChI=1S/C24H27N3O2S/c1-15-4-3-5-22-23(15)26-24(30-22)29-21-10-6-17(7-11-21)14-27-19-8-9-20(27)13-18(12-19)25-16(2)28/h3-7,10-11,18-20H,8-9,12-14H2,1-2H3,(H,25,28)/t18-,19+,20-. The summed E-state index contributed by atoms with van der Waals surface area (Å²) >= 11 is 1.58. The zero-order chi connectivity index (χ0) is 20.7. The highest BCUT2D eigenvalue weighted by Crippen LogP contribution is 2.37. The second kappa shape index (κ2) is 8.00. The van der Waals surface area contributed by atoms with Crippen molar-refractivity contribution in [3.63, 3.8) is 0 Å². The van der Waals surface area contributed by atoms with Crippen LogP contribution in [0, 0.1) is 6.92 Å². The fraction of sp³-hybridized carbons (Fsp3) is 0.417. The van der Waals surface area contributed by atoms with Crippen LogP contribution in [0.5, 0.6) is 10.9 Å². The maximum Gasteiger partial charge on any atom is 0.279 e. The van der Waals surface area contributed by atoms with E-state index in [9.17, 15) is 4.79 Å². The summed E-state index contributed by atoms with van der Waals surface area (Å²) in [5.41, 5.74) is 3.50. The van der Waals surface area contributed by atoms with Crippen molar-refractivity contribution in [3.05, 3.63) is 53.6 Å². The van der Waals surface area contributed by atoms with E-state index >= 15 is 0 Å². The molecule has 0 spiro atoms. The molecule has 3 atom stereocenters. The molecule has 156 valence electrons. The largest absolute Gasteiger partial charge is 0.431 e. The van der Waals surface area contributed by atoms with Crippen molar-refractivity contribution in [2.24, 2.45) is 0 Å². The fourth-order valence-corrected chi connectivity index (χ4v) is 5.93. The minimum absolute atomic E-state index is 0.0896. The zero-order valence-electron chi connectivity index (χ0n) is 17.4. The summed E-state index contributed by atoms with van der Waals surface area (Å²) in [6, 6.07) is 16.1. The first-order chi connectivity index (χ1) is 14.5. The van der Waals surface area contributed by atoms with Crippen LogP contribution in [0.4, 0.5) is 0 Å². The molecule has 1 amide bonds. The van der Waals surface area contributed by atoms with Crippen molar-refractivity contribution >= 4 is 27.5 Å². The summed E-state index contributed by atoms with van der Waals surface area (Å²) in [7, 11) is 0. The third kappa shape index (κ3) is 3.94. The number of aryl methyl sites for hydroxylation is 1. The third-order valence-electron chi connectivity index (χ3n) is 6.39. The van der Waals surface area contributed by atoms with Gasteiger partial charge in [-0.05, 0) is 61.9 Å². The Balaban J connectivity index is 1.23. The lowest BCUT2D eigenvalue weighted by Crippen LogP contribution is -2.49. The predicted molar refractivity (Wildman–Crippen MR) is 120 cm³/mol. The van der Waals surface area contributed by atoms with E-state index in [2.05, 4.69) is 52.5 Å². The molecule has 1 N–H and O–H groups in total. The number of nitrogens with one attached hydrogen (secondary N) is 1. The number of aromatic nitrogens is 1. The lowest BCUT2D eigenvalue weighted by atomic mass is 9.96. The Morgan fingerprint density at radius 1 is 1.17 bits per heavy atom. The van der Waals surface area contributed by atoms with Crippen molar-refractivity contribution in [2.45, 2.75) is 64.2 Å². The van der Waals surface area contributed by atoms with Crippen LogP contribution >= 0.6 is 11.3 Å². The first-order valence-corrected chi connectivity index (χ1v) is 11.5. The Hall–Kier alpha value is -2.44. The highest BCUT2D eigenvalue weighted by atomic mass is 32.1. The number of amides is 1. The van der Waals surface area contributed by atoms with E-state index in [1.54, 1.807) is 18.3 Å². The van der Waals surface area contributed by atoms with E-state index in [-0.39, 0.29) is 5.91 Å². The molecule has 2 saturated heterocycles. The van der Waals surface area contributed by atoms with Gasteiger partial charge in [0.25, 0.3) is 5.19 Å². The number of nitrogens with zero attached hydrogens (tertiary/aromatic N) is 2. The molecule has 3 heterocycles. The van der Waals surface area contributed by atoms with Crippen LogP contribution in [0.15, 0.2) is 42.5 Å². The number of fused-ring (bicyclic) bond motifs is 3. The second-order valence-electron chi connectivity index (χ2n) is 8.57. The molecule has 1 aromatic heterocycles. The number of hydrogen-bond acceptors (Lipinski definition) is 5. The quantitative estimate of drug-likeness (QED) is 0.628. The monoisotopic (exact) mass is 421 g/mol. The number of para-hydroxylation sites is 1. The number of hydrogen-bond donors (Lipinski definition) is 1. The van der Waals surface area contributed by atoms with Gasteiger partial charge in [-0.1, -0.05) is 35.6 Å². The summed E-state index contributed by atoms with van der Waals surface area (Å²) in [6.07, 6.45) is 4.60. The first-order valence-electron chi connectivity index (χ1n) is 10.7. The molecule has 0 unspecified atom stereocenters. The number of ether oxygens (including phenoxy) is 1. The van der Waals surface area contributed by atoms with E-state index in [0.717, 1.165) is 35.4 Å². The number of thiazole rings is 1. The van der Waals surface area contributed by atoms with Gasteiger partial charge in [-0.3, -0.25) is 9.69 Å². The van der Waals surface area contributed by atoms with Gasteiger partial charge in [0.15, 0.2) is 0 Å². The van der Waals surface area contributed by atoms with Crippen LogP contribution in [0.2, 0.25) is 0 Å². The lowest BCUT2D eigenvalue weighted by molar-refractivity contribution is -0.120. The van der Waals surface area contributed by atoms with Crippen molar-refractivity contribution in [1.82, 2.24) is 15.2 Å². The van der Waals surface area contributed by atoms with E-state index in [1.165, 1.54) is 24.0 Å². The summed E-state index contributed by atoms with van der Waals surface area (Å²) < 4.78 is 7.18. The number of rotatable bonds is 5. The minimum Gasteiger partial charge on any atom is -0.431 e. The van der Waals surface area contributed by atoms with E-state index in [4.69, 9.17) is 4.74 Å². The number of piperidine rings is 1. The molecule has 2 aromatic carbocycles. The maximum absolute atomic E-state index is 11.4. The third-order valence-corrected chi connectivity index (χ3v) is 7.29. The maximum atomic E-state index is 11.4. The Morgan fingerprint density at radius 3 is 2.57 bits per heavy atom. The van der Waals surface area contributed by atoms with Crippen molar-refractivity contribution < 1.29 is 9.53 Å². The average Bonchev–Trinajstić information content (AvgIpc) is 3.21. The van der Waals surface area contributed by atoms with Gasteiger partial charge in [0.2, 0.25) is 5.91 Å². The van der Waals surface area contributed by atoms with Gasteiger partial charge in [0, 0.05) is 31.6 Å². The van der Waals surface area contributed by atoms with Crippen molar-refractivity contribution in [1.29, 1.82) is 0 Å². The predicted octanol–water partition coefficient (Wildman–Crippen LogP) is 5.03. The summed E-state index contributed by atoms with van der Waals surface area (Å²) in [5.74, 6) is 0.912. The second-order valence-corrected chi connectivity index (χ2v) is 9.57. The van der Waals surface area contributed by atoms with Crippen LogP contribution in [0.1, 0.15) is 43.7 Å². The van der Waals surface area contributed by atoms with Crippen LogP contribution in [0.25, 0.3) is 10.2 Å². The summed E-state index contributed by atoms with van der Waals surface area (Å²) in [6.45, 7) is 4.66. The van der Waals surface area contributed by atoms with Gasteiger partial charge < -0.3 is 10.1 Å². The van der Waals surface area contributed by atoms with E-state index < -0.39 is 0 Å². The molecule has 0 saturated carbocycles. The Labute approximate surface area is 181 Å². The molecule has 30 heavy (non-hydrogen) atoms. The van der Waals surface area contributed by atoms with Crippen LogP contribution in [0.3, 0.4) is 0 Å². The van der Waals surface area contributed by atoms with Gasteiger partial charge >= 0.3 is 0 Å². The molecule has 3 aromatic rings. The highest BCUT2D eigenvalue weighted by Gasteiger charge is 2.40. The molecule has 0 aliphatic carbocycles. The lowest BCUT2D eigenvalue weighted by Gasteiger charge is -2.39. The van der Waals surface area contributed by atoms with E-state index in [1.807, 2.05) is 12.1 Å². The number of carbonyl (C=O) groups is 1. The molecule has 2 aliphatic rings. The van der Waals surface area contributed by atoms with E-state index in [0.29, 0.717) is 23.3 Å². The van der Waals surface area contributed by atoms with Crippen molar-refractivity contribution in [3.8, 4) is 10.9 Å². The van der Waals surface area contributed by atoms with Gasteiger partial charge in [-0.15, -0.1) is 0 Å². The average molecular weight is 422 g/mol. The normalized spacial score (nSPS) is 23.6. The smallest absolute Gasteiger partial charge is 0.279 e. The highest BCUT2D eigenvalue weighted by molar-refractivity contribution is 7.20. The Kier molecular flexibility index (Phi) is 5.21. The topological polar surface area (TPSA) is 54.5 Å². The number of benzene rings is 2. The zero-order valence-corrected chi connectivity index (χ0v) is 18.2. The Bertz CT molecular complexity index is 1050. The van der Waals surface area contributed by atoms with Gasteiger partial charge in [-0.2, -0.15) is 0 Å². The molecule has 6 heteroatoms. The van der Waals surface area contributed by atoms with Gasteiger partial charge in [-0.25, -0.2) is 4.98 Å². The molecule has 2 aliphatic heterocycles. The number of carbonyl (C=O) groups excluding carboxylic acids is 1. The SMILES string of the molecule is CC(=O)N[C@H]1C[C@H]2CC[C@@H](C1)N2Cc1ccc(Oc2nc3c(C)cccc3s2)cc1. The van der Waals surface area contributed by atoms with Crippen molar-refractivity contribution in [2.75, 3.05) is 0 Å². The first kappa shape index (κ1) is 19.5. The molecule has 5 rings (SSSR count). The Morgan fingerprint density at radius 2 is 1.90 bits per heavy atom. The van der Waals surface area contributed by atoms with Gasteiger partial charge in [0.05, 0.1) is 10.2 Å². The molecule has 2 bridgehead atoms. The molecule has 5 nitrogen and oxygen atoms in total. The molecule has 2 fully saturated rings. The van der Waals surface area contributed by atoms with Crippen LogP contribution in [-0.4, -0.2) is 33.9 Å². The van der Waals surface area contributed by atoms with Gasteiger partial charge in [0.1, 0.15) is 5.75 Å². The van der Waals surface area contributed by atoms with Crippen LogP contribution < -0.4 is 10.1 Å².